The van der Waals surface area contributed by atoms with E-state index in [9.17, 15) is 10.2 Å². The summed E-state index contributed by atoms with van der Waals surface area (Å²) in [6.07, 6.45) is 0. The first-order chi connectivity index (χ1) is 15.4. The summed E-state index contributed by atoms with van der Waals surface area (Å²) in [5.41, 5.74) is 3.56. The number of rotatable bonds is 4. The Kier molecular flexibility index (Phi) is 8.80. The van der Waals surface area contributed by atoms with Crippen molar-refractivity contribution >= 4 is 33.5 Å². The number of aromatic hydroxyl groups is 2. The van der Waals surface area contributed by atoms with Crippen molar-refractivity contribution in [3.63, 3.8) is 0 Å². The van der Waals surface area contributed by atoms with Crippen LogP contribution in [0.2, 0.25) is 9.88 Å². The molecule has 0 aliphatic carbocycles. The minimum absolute atomic E-state index is 0.131. The van der Waals surface area contributed by atoms with Crippen LogP contribution in [0, 0.1) is 0 Å². The van der Waals surface area contributed by atoms with Crippen molar-refractivity contribution in [2.75, 3.05) is 0 Å². The summed E-state index contributed by atoms with van der Waals surface area (Å²) in [6.45, 7) is 26.1. The van der Waals surface area contributed by atoms with Gasteiger partial charge >= 0.3 is 226 Å². The van der Waals surface area contributed by atoms with Crippen LogP contribution < -0.4 is 0 Å². The van der Waals surface area contributed by atoms with E-state index < -0.39 is 15.6 Å². The van der Waals surface area contributed by atoms with Gasteiger partial charge in [0, 0.05) is 0 Å². The molecule has 2 nitrogen and oxygen atoms in total. The Morgan fingerprint density at radius 2 is 0.686 bits per heavy atom. The van der Waals surface area contributed by atoms with Gasteiger partial charge < -0.3 is 0 Å². The van der Waals surface area contributed by atoms with Crippen molar-refractivity contribution < 1.29 is 10.2 Å². The Balaban J connectivity index is 2.57. The second-order valence-electron chi connectivity index (χ2n) is 14.3. The van der Waals surface area contributed by atoms with Gasteiger partial charge in [0.25, 0.3) is 0 Å². The van der Waals surface area contributed by atoms with Crippen LogP contribution in [0.1, 0.15) is 105 Å². The topological polar surface area (TPSA) is 40.5 Å². The SMILES string of the molecule is CC(C)(C)c1cc([S][Sn]([CH3])([CH3])[S]c2cc(C(C)(C)C)c(O)c(C(C)(C)C)c2)cc(C(C)(C)C)c1O. The van der Waals surface area contributed by atoms with E-state index in [0.717, 1.165) is 22.3 Å². The zero-order valence-electron chi connectivity index (χ0n) is 24.5. The molecule has 0 spiro atoms. The van der Waals surface area contributed by atoms with Gasteiger partial charge in [0.2, 0.25) is 0 Å². The molecule has 5 heteroatoms. The first kappa shape index (κ1) is 30.8. The molecule has 0 aromatic heterocycles. The van der Waals surface area contributed by atoms with E-state index >= 15 is 0 Å². The molecule has 0 fully saturated rings. The second-order valence-corrected chi connectivity index (χ2v) is 42.6. The number of hydrogen-bond acceptors (Lipinski definition) is 4. The van der Waals surface area contributed by atoms with Crippen LogP contribution in [-0.4, -0.2) is 25.8 Å². The van der Waals surface area contributed by atoms with E-state index in [4.69, 9.17) is 0 Å². The molecule has 2 aromatic rings. The third-order valence-electron chi connectivity index (χ3n) is 6.13. The molecule has 35 heavy (non-hydrogen) atoms. The quantitative estimate of drug-likeness (QED) is 0.333. The molecule has 0 heterocycles. The van der Waals surface area contributed by atoms with Gasteiger partial charge in [0.15, 0.2) is 0 Å². The summed E-state index contributed by atoms with van der Waals surface area (Å²) in [6, 6.07) is 8.86. The van der Waals surface area contributed by atoms with E-state index in [1.165, 1.54) is 9.79 Å². The molecule has 0 atom stereocenters. The Morgan fingerprint density at radius 3 is 0.857 bits per heavy atom. The summed E-state index contributed by atoms with van der Waals surface area (Å²) in [7, 11) is 4.08. The van der Waals surface area contributed by atoms with Crippen molar-refractivity contribution in [1.29, 1.82) is 0 Å². The molecule has 2 N–H and O–H groups in total. The monoisotopic (exact) mass is 624 g/mol. The molecular formula is C30H48O2S2Sn. The molecule has 2 rings (SSSR count). The first-order valence-electron chi connectivity index (χ1n) is 12.6. The molecule has 0 unspecified atom stereocenters. The van der Waals surface area contributed by atoms with Gasteiger partial charge in [-0.3, -0.25) is 0 Å². The Morgan fingerprint density at radius 1 is 0.486 bits per heavy atom. The average molecular weight is 624 g/mol. The molecule has 196 valence electrons. The third-order valence-corrected chi connectivity index (χ3v) is 23.9. The van der Waals surface area contributed by atoms with Gasteiger partial charge in [0.1, 0.15) is 0 Å². The molecule has 0 aliphatic heterocycles. The van der Waals surface area contributed by atoms with Crippen molar-refractivity contribution in [1.82, 2.24) is 0 Å². The average Bonchev–Trinajstić information content (AvgIpc) is 2.60. The Hall–Kier alpha value is -0.461. The van der Waals surface area contributed by atoms with E-state index in [1.54, 1.807) is 0 Å². The van der Waals surface area contributed by atoms with Gasteiger partial charge in [-0.15, -0.1) is 0 Å². The third kappa shape index (κ3) is 7.77. The predicted molar refractivity (Wildman–Crippen MR) is 160 cm³/mol. The van der Waals surface area contributed by atoms with Crippen molar-refractivity contribution in [2.24, 2.45) is 0 Å². The molecule has 0 saturated heterocycles. The molecule has 0 aliphatic rings. The van der Waals surface area contributed by atoms with Gasteiger partial charge in [-0.1, -0.05) is 0 Å². The van der Waals surface area contributed by atoms with Crippen LogP contribution >= 0.6 is 17.9 Å². The van der Waals surface area contributed by atoms with Crippen LogP contribution in [0.15, 0.2) is 34.1 Å². The molecule has 0 bridgehead atoms. The first-order valence-corrected chi connectivity index (χ1v) is 26.9. The van der Waals surface area contributed by atoms with Crippen LogP contribution in [0.3, 0.4) is 0 Å². The van der Waals surface area contributed by atoms with E-state index in [-0.39, 0.29) is 21.7 Å². The summed E-state index contributed by atoms with van der Waals surface area (Å²) in [4.78, 5) is 7.45. The van der Waals surface area contributed by atoms with Crippen molar-refractivity contribution in [3.05, 3.63) is 46.5 Å². The fourth-order valence-electron chi connectivity index (χ4n) is 4.21. The van der Waals surface area contributed by atoms with E-state index in [0.29, 0.717) is 11.5 Å². The van der Waals surface area contributed by atoms with E-state index in [2.05, 4.69) is 117 Å². The summed E-state index contributed by atoms with van der Waals surface area (Å²) in [5, 5.41) is 22.3. The van der Waals surface area contributed by atoms with Crippen LogP contribution in [0.4, 0.5) is 0 Å². The summed E-state index contributed by atoms with van der Waals surface area (Å²) in [5.74, 6) is 0.886. The fourth-order valence-corrected chi connectivity index (χ4v) is 22.9. The number of benzene rings is 2. The van der Waals surface area contributed by atoms with Gasteiger partial charge in [-0.2, -0.15) is 0 Å². The normalized spacial score (nSPS) is 13.9. The number of phenolic OH excluding ortho intramolecular Hbond substituents is 2. The molecule has 0 saturated carbocycles. The van der Waals surface area contributed by atoms with Gasteiger partial charge in [0.05, 0.1) is 0 Å². The van der Waals surface area contributed by atoms with Gasteiger partial charge in [-0.25, -0.2) is 0 Å². The van der Waals surface area contributed by atoms with Crippen molar-refractivity contribution in [2.45, 2.75) is 124 Å². The molecule has 0 radical (unpaired) electrons. The Labute approximate surface area is 224 Å². The molecule has 2 aromatic carbocycles. The Bertz CT molecular complexity index is 920. The molecular weight excluding hydrogens is 575 g/mol. The van der Waals surface area contributed by atoms with Crippen LogP contribution in [-0.2, 0) is 21.7 Å². The predicted octanol–water partition coefficient (Wildman–Crippen LogP) is 9.87. The zero-order valence-corrected chi connectivity index (χ0v) is 29.0. The molecule has 0 amide bonds. The standard InChI is InChI=1S/2C14H22OS.2CH3.Sn/c2*1-13(2,3)10-7-9(16)8-11(12(10)15)14(4,5)6;;;/h2*7-8,15-16H,1-6H3;2*1H3;/q;;;;+2/p-2. The number of phenols is 2. The fraction of sp³-hybridized carbons (Fsp3) is 0.600. The maximum atomic E-state index is 11.1. The van der Waals surface area contributed by atoms with Gasteiger partial charge in [-0.05, 0) is 0 Å². The summed E-state index contributed by atoms with van der Waals surface area (Å²) >= 11 is -2.76. The zero-order chi connectivity index (χ0) is 27.4. The number of hydrogen-bond donors (Lipinski definition) is 2. The second kappa shape index (κ2) is 10.0. The minimum atomic E-state index is -2.76. The maximum absolute atomic E-state index is 11.1. The van der Waals surface area contributed by atoms with Crippen molar-refractivity contribution in [3.8, 4) is 11.5 Å². The van der Waals surface area contributed by atoms with Crippen LogP contribution in [0.5, 0.6) is 11.5 Å². The summed E-state index contributed by atoms with van der Waals surface area (Å²) < 4.78 is 0. The van der Waals surface area contributed by atoms with E-state index in [1.807, 2.05) is 17.9 Å². The van der Waals surface area contributed by atoms with Crippen LogP contribution in [0.25, 0.3) is 0 Å².